The van der Waals surface area contributed by atoms with Gasteiger partial charge in [0.2, 0.25) is 0 Å². The van der Waals surface area contributed by atoms with E-state index in [0.717, 1.165) is 66.0 Å². The summed E-state index contributed by atoms with van der Waals surface area (Å²) in [5.41, 5.74) is 0.862. The predicted octanol–water partition coefficient (Wildman–Crippen LogP) is 4.97. The molecule has 2 amide bonds. The summed E-state index contributed by atoms with van der Waals surface area (Å²) in [7, 11) is 0. The molecule has 0 unspecified atom stereocenters. The Balaban J connectivity index is 1.49. The fraction of sp³-hybridized carbons (Fsp3) is 0.318. The van der Waals surface area contributed by atoms with Crippen molar-refractivity contribution in [2.75, 3.05) is 6.61 Å². The molecule has 1 fully saturated rings. The number of hydrogen-bond donors (Lipinski definition) is 2. The van der Waals surface area contributed by atoms with Crippen molar-refractivity contribution in [3.63, 3.8) is 0 Å². The van der Waals surface area contributed by atoms with Crippen LogP contribution in [0.15, 0.2) is 41.3 Å². The van der Waals surface area contributed by atoms with Gasteiger partial charge in [0.15, 0.2) is 0 Å². The van der Waals surface area contributed by atoms with E-state index in [4.69, 9.17) is 9.84 Å². The number of imide groups is 1. The third-order valence-corrected chi connectivity index (χ3v) is 5.39. The van der Waals surface area contributed by atoms with E-state index in [0.29, 0.717) is 11.5 Å². The number of fused-ring (bicyclic) bond motifs is 1. The molecule has 2 N–H and O–H groups in total. The molecule has 7 heteroatoms. The highest BCUT2D eigenvalue weighted by Crippen LogP contribution is 2.28. The lowest BCUT2D eigenvalue weighted by Gasteiger charge is -2.08. The highest BCUT2D eigenvalue weighted by Gasteiger charge is 2.24. The van der Waals surface area contributed by atoms with Gasteiger partial charge in [-0.3, -0.25) is 19.7 Å². The average Bonchev–Trinajstić information content (AvgIpc) is 3.00. The molecular weight excluding hydrogens is 390 g/mol. The Morgan fingerprint density at radius 3 is 2.48 bits per heavy atom. The minimum atomic E-state index is -0.730. The Kier molecular flexibility index (Phi) is 7.30. The van der Waals surface area contributed by atoms with Gasteiger partial charge in [-0.05, 0) is 65.2 Å². The Morgan fingerprint density at radius 2 is 1.72 bits per heavy atom. The first kappa shape index (κ1) is 20.9. The molecule has 0 bridgehead atoms. The predicted molar refractivity (Wildman–Crippen MR) is 114 cm³/mol. The molecule has 1 heterocycles. The molecule has 0 atom stereocenters. The summed E-state index contributed by atoms with van der Waals surface area (Å²) in [5, 5.41) is 12.6. The lowest BCUT2D eigenvalue weighted by molar-refractivity contribution is -0.137. The van der Waals surface area contributed by atoms with Crippen molar-refractivity contribution in [2.45, 2.75) is 38.5 Å². The zero-order valence-corrected chi connectivity index (χ0v) is 16.8. The van der Waals surface area contributed by atoms with Crippen LogP contribution in [0, 0.1) is 0 Å². The standard InChI is InChI=1S/C22H23NO5S/c24-20(25)6-4-2-1-3-5-11-28-18-10-9-16-12-15(7-8-17(16)14-18)13-19-21(26)23-22(27)29-19/h7-10,12-14H,1-6,11H2,(H,24,25)(H,23,26,27)/b19-13-. The number of rotatable bonds is 10. The zero-order valence-electron chi connectivity index (χ0n) is 16.0. The van der Waals surface area contributed by atoms with Gasteiger partial charge in [0, 0.05) is 6.42 Å². The van der Waals surface area contributed by atoms with Gasteiger partial charge >= 0.3 is 5.97 Å². The number of aliphatic carboxylic acids is 1. The van der Waals surface area contributed by atoms with E-state index in [1.54, 1.807) is 6.08 Å². The minimum absolute atomic E-state index is 0.247. The third kappa shape index (κ3) is 6.35. The number of carboxylic acids is 1. The van der Waals surface area contributed by atoms with E-state index in [9.17, 15) is 14.4 Å². The average molecular weight is 413 g/mol. The maximum Gasteiger partial charge on any atom is 0.303 e. The van der Waals surface area contributed by atoms with Gasteiger partial charge in [-0.25, -0.2) is 0 Å². The second-order valence-corrected chi connectivity index (χ2v) is 7.90. The van der Waals surface area contributed by atoms with Gasteiger partial charge in [-0.15, -0.1) is 0 Å². The number of nitrogens with one attached hydrogen (secondary N) is 1. The molecule has 0 aromatic heterocycles. The molecule has 152 valence electrons. The van der Waals surface area contributed by atoms with E-state index in [2.05, 4.69) is 5.32 Å². The van der Waals surface area contributed by atoms with E-state index in [1.165, 1.54) is 0 Å². The first-order valence-corrected chi connectivity index (χ1v) is 10.5. The molecule has 1 aliphatic heterocycles. The number of carbonyl (C=O) groups excluding carboxylic acids is 2. The summed E-state index contributed by atoms with van der Waals surface area (Å²) in [6.07, 6.45) is 6.63. The Labute approximate surface area is 173 Å². The smallest absolute Gasteiger partial charge is 0.303 e. The molecule has 3 rings (SSSR count). The first-order chi connectivity index (χ1) is 14.0. The van der Waals surface area contributed by atoms with Crippen molar-refractivity contribution in [1.29, 1.82) is 0 Å². The molecule has 2 aromatic carbocycles. The van der Waals surface area contributed by atoms with E-state index in [-0.39, 0.29) is 17.6 Å². The van der Waals surface area contributed by atoms with Crippen LogP contribution < -0.4 is 10.1 Å². The normalized spacial score (nSPS) is 15.1. The summed E-state index contributed by atoms with van der Waals surface area (Å²) < 4.78 is 5.82. The number of carbonyl (C=O) groups is 3. The molecule has 0 saturated carbocycles. The summed E-state index contributed by atoms with van der Waals surface area (Å²) in [6.45, 7) is 0.634. The number of amides is 2. The fourth-order valence-corrected chi connectivity index (χ4v) is 3.78. The fourth-order valence-electron chi connectivity index (χ4n) is 3.09. The Hall–Kier alpha value is -2.80. The van der Waals surface area contributed by atoms with Crippen LogP contribution in [0.5, 0.6) is 5.75 Å². The molecule has 0 spiro atoms. The van der Waals surface area contributed by atoms with Crippen LogP contribution in [-0.2, 0) is 9.59 Å². The van der Waals surface area contributed by atoms with Gasteiger partial charge in [-0.1, -0.05) is 37.5 Å². The lowest BCUT2D eigenvalue weighted by Crippen LogP contribution is -2.17. The van der Waals surface area contributed by atoms with Crippen LogP contribution in [-0.4, -0.2) is 28.8 Å². The molecule has 0 radical (unpaired) electrons. The van der Waals surface area contributed by atoms with Crippen LogP contribution in [0.25, 0.3) is 16.8 Å². The molecule has 2 aromatic rings. The van der Waals surface area contributed by atoms with Gasteiger partial charge in [0.05, 0.1) is 11.5 Å². The summed E-state index contributed by atoms with van der Waals surface area (Å²) in [4.78, 5) is 33.8. The SMILES string of the molecule is O=C(O)CCCCCCCOc1ccc2cc(/C=C3\SC(=O)NC3=O)ccc2c1. The highest BCUT2D eigenvalue weighted by atomic mass is 32.2. The van der Waals surface area contributed by atoms with Crippen molar-refractivity contribution >= 4 is 45.7 Å². The van der Waals surface area contributed by atoms with Crippen molar-refractivity contribution in [1.82, 2.24) is 5.32 Å². The van der Waals surface area contributed by atoms with Gasteiger partial charge in [0.1, 0.15) is 5.75 Å². The van der Waals surface area contributed by atoms with Gasteiger partial charge in [0.25, 0.3) is 11.1 Å². The topological polar surface area (TPSA) is 92.7 Å². The number of ether oxygens (including phenoxy) is 1. The minimum Gasteiger partial charge on any atom is -0.494 e. The number of benzene rings is 2. The number of thioether (sulfide) groups is 1. The van der Waals surface area contributed by atoms with Crippen LogP contribution in [0.3, 0.4) is 0 Å². The first-order valence-electron chi connectivity index (χ1n) is 9.64. The monoisotopic (exact) mass is 413 g/mol. The quantitative estimate of drug-likeness (QED) is 0.422. The Bertz CT molecular complexity index is 953. The van der Waals surface area contributed by atoms with E-state index < -0.39 is 5.97 Å². The van der Waals surface area contributed by atoms with Crippen LogP contribution in [0.4, 0.5) is 4.79 Å². The number of hydrogen-bond acceptors (Lipinski definition) is 5. The van der Waals surface area contributed by atoms with Crippen molar-refractivity contribution in [2.24, 2.45) is 0 Å². The molecule has 1 aliphatic rings. The Morgan fingerprint density at radius 1 is 1.00 bits per heavy atom. The largest absolute Gasteiger partial charge is 0.494 e. The summed E-state index contributed by atoms with van der Waals surface area (Å²) in [5.74, 6) is -0.275. The van der Waals surface area contributed by atoms with Crippen LogP contribution in [0.1, 0.15) is 44.1 Å². The molecule has 6 nitrogen and oxygen atoms in total. The highest BCUT2D eigenvalue weighted by molar-refractivity contribution is 8.18. The zero-order chi connectivity index (χ0) is 20.6. The molecule has 29 heavy (non-hydrogen) atoms. The number of carboxylic acid groups (broad SMARTS) is 1. The van der Waals surface area contributed by atoms with Crippen LogP contribution in [0.2, 0.25) is 0 Å². The van der Waals surface area contributed by atoms with Gasteiger partial charge in [-0.2, -0.15) is 0 Å². The van der Waals surface area contributed by atoms with Crippen molar-refractivity contribution < 1.29 is 24.2 Å². The second kappa shape index (κ2) is 10.1. The van der Waals surface area contributed by atoms with Crippen LogP contribution >= 0.6 is 11.8 Å². The summed E-state index contributed by atoms with van der Waals surface area (Å²) >= 11 is 0.910. The summed E-state index contributed by atoms with van der Waals surface area (Å²) in [6, 6.07) is 11.7. The maximum absolute atomic E-state index is 11.7. The van der Waals surface area contributed by atoms with Gasteiger partial charge < -0.3 is 9.84 Å². The number of unbranched alkanes of at least 4 members (excludes halogenated alkanes) is 4. The molecular formula is C22H23NO5S. The molecule has 1 saturated heterocycles. The lowest BCUT2D eigenvalue weighted by atomic mass is 10.1. The molecule has 0 aliphatic carbocycles. The maximum atomic E-state index is 11.7. The van der Waals surface area contributed by atoms with E-state index >= 15 is 0 Å². The van der Waals surface area contributed by atoms with Crippen molar-refractivity contribution in [3.05, 3.63) is 46.9 Å². The third-order valence-electron chi connectivity index (χ3n) is 4.58. The van der Waals surface area contributed by atoms with Crippen molar-refractivity contribution in [3.8, 4) is 5.75 Å². The van der Waals surface area contributed by atoms with E-state index in [1.807, 2.05) is 36.4 Å². The second-order valence-electron chi connectivity index (χ2n) is 6.88.